The van der Waals surface area contributed by atoms with Gasteiger partial charge in [-0.15, -0.1) is 0 Å². The summed E-state index contributed by atoms with van der Waals surface area (Å²) in [6.45, 7) is 3.83. The molecule has 0 unspecified atom stereocenters. The van der Waals surface area contributed by atoms with Gasteiger partial charge in [-0.2, -0.15) is 0 Å². The lowest BCUT2D eigenvalue weighted by Crippen LogP contribution is -2.41. The fraction of sp³-hybridized carbons (Fsp3) is 0.385. The standard InChI is InChI=1S/C13H15Br2NO3/c1-7(2)5-11(13(18)19)16-12(17)9-4-3-8(14)6-10(9)15/h3-4,6-7,11H,5H2,1-2H3,(H,16,17)(H,18,19)/t11-/m0/s1. The molecule has 0 aliphatic carbocycles. The SMILES string of the molecule is CC(C)C[C@H](NC(=O)c1ccc(Br)cc1Br)C(=O)O. The zero-order valence-corrected chi connectivity index (χ0v) is 13.8. The van der Waals surface area contributed by atoms with Gasteiger partial charge in [0.15, 0.2) is 0 Å². The van der Waals surface area contributed by atoms with Crippen LogP contribution < -0.4 is 5.32 Å². The van der Waals surface area contributed by atoms with Crippen molar-refractivity contribution in [2.75, 3.05) is 0 Å². The molecular weight excluding hydrogens is 378 g/mol. The lowest BCUT2D eigenvalue weighted by atomic mass is 10.0. The van der Waals surface area contributed by atoms with E-state index in [0.717, 1.165) is 4.47 Å². The van der Waals surface area contributed by atoms with Crippen molar-refractivity contribution >= 4 is 43.7 Å². The summed E-state index contributed by atoms with van der Waals surface area (Å²) in [4.78, 5) is 23.2. The number of nitrogens with one attached hydrogen (secondary N) is 1. The van der Waals surface area contributed by atoms with Crippen LogP contribution in [0.25, 0.3) is 0 Å². The predicted molar refractivity (Wildman–Crippen MR) is 80.2 cm³/mol. The molecular formula is C13H15Br2NO3. The minimum atomic E-state index is -1.02. The highest BCUT2D eigenvalue weighted by Crippen LogP contribution is 2.22. The third-order valence-corrected chi connectivity index (χ3v) is 3.64. The van der Waals surface area contributed by atoms with E-state index >= 15 is 0 Å². The summed E-state index contributed by atoms with van der Waals surface area (Å²) >= 11 is 6.58. The van der Waals surface area contributed by atoms with Crippen molar-refractivity contribution in [1.82, 2.24) is 5.32 Å². The number of benzene rings is 1. The Morgan fingerprint density at radius 2 is 1.95 bits per heavy atom. The summed E-state index contributed by atoms with van der Waals surface area (Å²) in [7, 11) is 0. The first-order valence-electron chi connectivity index (χ1n) is 5.80. The molecule has 1 rings (SSSR count). The molecule has 0 aliphatic heterocycles. The van der Waals surface area contributed by atoms with Crippen LogP contribution in [0, 0.1) is 5.92 Å². The average molecular weight is 393 g/mol. The van der Waals surface area contributed by atoms with Crippen molar-refractivity contribution in [3.8, 4) is 0 Å². The summed E-state index contributed by atoms with van der Waals surface area (Å²) in [5.41, 5.74) is 0.415. The Hall–Kier alpha value is -0.880. The molecule has 1 aromatic carbocycles. The lowest BCUT2D eigenvalue weighted by Gasteiger charge is -2.17. The Bertz CT molecular complexity index is 489. The molecule has 0 saturated carbocycles. The van der Waals surface area contributed by atoms with Crippen molar-refractivity contribution in [3.05, 3.63) is 32.7 Å². The predicted octanol–water partition coefficient (Wildman–Crippen LogP) is 3.44. The van der Waals surface area contributed by atoms with E-state index in [0.29, 0.717) is 16.5 Å². The second-order valence-electron chi connectivity index (χ2n) is 4.62. The van der Waals surface area contributed by atoms with Crippen LogP contribution in [0.3, 0.4) is 0 Å². The molecule has 0 spiro atoms. The fourth-order valence-electron chi connectivity index (χ4n) is 1.60. The van der Waals surface area contributed by atoms with Crippen LogP contribution in [0.2, 0.25) is 0 Å². The Kier molecular flexibility index (Phi) is 6.00. The number of hydrogen-bond donors (Lipinski definition) is 2. The van der Waals surface area contributed by atoms with Crippen molar-refractivity contribution in [3.63, 3.8) is 0 Å². The van der Waals surface area contributed by atoms with E-state index in [1.807, 2.05) is 13.8 Å². The molecule has 1 amide bonds. The first-order valence-corrected chi connectivity index (χ1v) is 7.38. The van der Waals surface area contributed by atoms with Gasteiger partial charge in [0.05, 0.1) is 5.56 Å². The number of aliphatic carboxylic acids is 1. The monoisotopic (exact) mass is 391 g/mol. The number of rotatable bonds is 5. The summed E-state index contributed by atoms with van der Waals surface area (Å²) in [5, 5.41) is 11.6. The smallest absolute Gasteiger partial charge is 0.326 e. The average Bonchev–Trinajstić information content (AvgIpc) is 2.26. The zero-order valence-electron chi connectivity index (χ0n) is 10.6. The van der Waals surface area contributed by atoms with E-state index in [2.05, 4.69) is 37.2 Å². The maximum absolute atomic E-state index is 12.1. The van der Waals surface area contributed by atoms with E-state index in [1.54, 1.807) is 18.2 Å². The number of carboxylic acid groups (broad SMARTS) is 1. The zero-order chi connectivity index (χ0) is 14.6. The summed E-state index contributed by atoms with van der Waals surface area (Å²) in [6.07, 6.45) is 0.398. The number of hydrogen-bond acceptors (Lipinski definition) is 2. The molecule has 0 aliphatic rings. The van der Waals surface area contributed by atoms with Crippen LogP contribution in [0.15, 0.2) is 27.1 Å². The van der Waals surface area contributed by atoms with Crippen LogP contribution >= 0.6 is 31.9 Å². The van der Waals surface area contributed by atoms with Crippen molar-refractivity contribution in [2.45, 2.75) is 26.3 Å². The summed E-state index contributed by atoms with van der Waals surface area (Å²) in [5.74, 6) is -1.22. The molecule has 0 radical (unpaired) electrons. The van der Waals surface area contributed by atoms with Gasteiger partial charge in [-0.25, -0.2) is 4.79 Å². The van der Waals surface area contributed by atoms with Crippen LogP contribution in [-0.2, 0) is 4.79 Å². The highest BCUT2D eigenvalue weighted by Gasteiger charge is 2.22. The van der Waals surface area contributed by atoms with Gasteiger partial charge in [-0.05, 0) is 46.5 Å². The number of amides is 1. The van der Waals surface area contributed by atoms with Crippen LogP contribution in [-0.4, -0.2) is 23.0 Å². The Balaban J connectivity index is 2.84. The highest BCUT2D eigenvalue weighted by molar-refractivity contribution is 9.11. The lowest BCUT2D eigenvalue weighted by molar-refractivity contribution is -0.139. The molecule has 1 atom stereocenters. The van der Waals surface area contributed by atoms with Gasteiger partial charge < -0.3 is 10.4 Å². The highest BCUT2D eigenvalue weighted by atomic mass is 79.9. The van der Waals surface area contributed by atoms with Crippen molar-refractivity contribution in [2.24, 2.45) is 5.92 Å². The summed E-state index contributed by atoms with van der Waals surface area (Å²) < 4.78 is 1.46. The molecule has 0 aromatic heterocycles. The van der Waals surface area contributed by atoms with Gasteiger partial charge in [0.1, 0.15) is 6.04 Å². The topological polar surface area (TPSA) is 66.4 Å². The van der Waals surface area contributed by atoms with Crippen LogP contribution in [0.1, 0.15) is 30.6 Å². The Morgan fingerprint density at radius 1 is 1.32 bits per heavy atom. The Morgan fingerprint density at radius 3 is 2.42 bits per heavy atom. The fourth-order valence-corrected chi connectivity index (χ4v) is 2.83. The number of halogens is 2. The van der Waals surface area contributed by atoms with E-state index in [-0.39, 0.29) is 5.92 Å². The van der Waals surface area contributed by atoms with Gasteiger partial charge in [0, 0.05) is 8.95 Å². The third-order valence-electron chi connectivity index (χ3n) is 2.49. The van der Waals surface area contributed by atoms with Gasteiger partial charge in [0.25, 0.3) is 5.91 Å². The van der Waals surface area contributed by atoms with E-state index < -0.39 is 17.9 Å². The number of carboxylic acids is 1. The normalized spacial score (nSPS) is 12.3. The van der Waals surface area contributed by atoms with E-state index in [1.165, 1.54) is 0 Å². The second kappa shape index (κ2) is 7.05. The largest absolute Gasteiger partial charge is 0.480 e. The molecule has 104 valence electrons. The molecule has 0 heterocycles. The molecule has 1 aromatic rings. The van der Waals surface area contributed by atoms with E-state index in [4.69, 9.17) is 5.11 Å². The van der Waals surface area contributed by atoms with Crippen molar-refractivity contribution in [1.29, 1.82) is 0 Å². The van der Waals surface area contributed by atoms with Gasteiger partial charge >= 0.3 is 5.97 Å². The molecule has 4 nitrogen and oxygen atoms in total. The first kappa shape index (κ1) is 16.2. The number of carbonyl (C=O) groups is 2. The molecule has 2 N–H and O–H groups in total. The molecule has 0 fully saturated rings. The van der Waals surface area contributed by atoms with Crippen LogP contribution in [0.4, 0.5) is 0 Å². The van der Waals surface area contributed by atoms with Gasteiger partial charge in [-0.3, -0.25) is 4.79 Å². The van der Waals surface area contributed by atoms with Gasteiger partial charge in [-0.1, -0.05) is 29.8 Å². The maximum Gasteiger partial charge on any atom is 0.326 e. The van der Waals surface area contributed by atoms with Crippen molar-refractivity contribution < 1.29 is 14.7 Å². The van der Waals surface area contributed by atoms with Crippen LogP contribution in [0.5, 0.6) is 0 Å². The van der Waals surface area contributed by atoms with E-state index in [9.17, 15) is 9.59 Å². The quantitative estimate of drug-likeness (QED) is 0.806. The third kappa shape index (κ3) is 4.95. The number of carbonyl (C=O) groups excluding carboxylic acids is 1. The van der Waals surface area contributed by atoms with Gasteiger partial charge in [0.2, 0.25) is 0 Å². The molecule has 0 bridgehead atoms. The molecule has 0 saturated heterocycles. The minimum Gasteiger partial charge on any atom is -0.480 e. The molecule has 6 heteroatoms. The molecule has 19 heavy (non-hydrogen) atoms. The second-order valence-corrected chi connectivity index (χ2v) is 6.39. The summed E-state index contributed by atoms with van der Waals surface area (Å²) in [6, 6.07) is 4.24. The first-order chi connectivity index (χ1) is 8.81. The Labute approximate surface area is 128 Å². The maximum atomic E-state index is 12.1. The minimum absolute atomic E-state index is 0.190.